The molecular formula is C11H9Br2N3O2. The molecule has 0 radical (unpaired) electrons. The number of nitrogens with two attached hydrogens (primary N) is 1. The Kier molecular flexibility index (Phi) is 3.72. The number of carbonyl (C=O) groups excluding carboxylic acids is 1. The van der Waals surface area contributed by atoms with Crippen LogP contribution < -0.4 is 11.1 Å². The van der Waals surface area contributed by atoms with Crippen molar-refractivity contribution < 1.29 is 9.21 Å². The zero-order valence-corrected chi connectivity index (χ0v) is 12.5. The van der Waals surface area contributed by atoms with E-state index in [0.29, 0.717) is 21.5 Å². The number of rotatable bonds is 2. The minimum absolute atomic E-state index is 0.171. The lowest BCUT2D eigenvalue weighted by atomic mass is 10.2. The van der Waals surface area contributed by atoms with Gasteiger partial charge in [0.2, 0.25) is 5.76 Å². The third-order valence-corrected chi connectivity index (χ3v) is 3.36. The van der Waals surface area contributed by atoms with Gasteiger partial charge in [-0.25, -0.2) is 4.98 Å². The van der Waals surface area contributed by atoms with E-state index in [0.717, 1.165) is 4.47 Å². The molecule has 7 heteroatoms. The maximum absolute atomic E-state index is 12.0. The highest BCUT2D eigenvalue weighted by Gasteiger charge is 2.16. The molecular weight excluding hydrogens is 366 g/mol. The maximum atomic E-state index is 12.0. The lowest BCUT2D eigenvalue weighted by Crippen LogP contribution is -2.14. The lowest BCUT2D eigenvalue weighted by molar-refractivity contribution is 0.0996. The fourth-order valence-electron chi connectivity index (χ4n) is 1.42. The van der Waals surface area contributed by atoms with Crippen molar-refractivity contribution in [3.05, 3.63) is 38.9 Å². The summed E-state index contributed by atoms with van der Waals surface area (Å²) in [4.78, 5) is 15.8. The monoisotopic (exact) mass is 373 g/mol. The first-order valence-electron chi connectivity index (χ1n) is 4.95. The number of carbonyl (C=O) groups is 1. The van der Waals surface area contributed by atoms with Gasteiger partial charge in [-0.3, -0.25) is 4.79 Å². The fraction of sp³-hybridized carbons (Fsp3) is 0.0909. The average molecular weight is 375 g/mol. The fourth-order valence-corrected chi connectivity index (χ4v) is 2.77. The van der Waals surface area contributed by atoms with Gasteiger partial charge in [0.05, 0.1) is 17.1 Å². The van der Waals surface area contributed by atoms with Crippen molar-refractivity contribution in [2.75, 3.05) is 11.1 Å². The van der Waals surface area contributed by atoms with E-state index in [4.69, 9.17) is 10.2 Å². The van der Waals surface area contributed by atoms with Crippen LogP contribution in [0.3, 0.4) is 0 Å². The molecule has 0 fully saturated rings. The second-order valence-electron chi connectivity index (χ2n) is 3.57. The number of oxazole rings is 1. The number of aryl methyl sites for hydroxylation is 1. The number of nitrogens with zero attached hydrogens (tertiary/aromatic N) is 1. The molecule has 0 bridgehead atoms. The van der Waals surface area contributed by atoms with Crippen molar-refractivity contribution in [3.63, 3.8) is 0 Å². The summed E-state index contributed by atoms with van der Waals surface area (Å²) in [5, 5.41) is 2.68. The minimum atomic E-state index is -0.389. The molecule has 94 valence electrons. The molecule has 0 spiro atoms. The van der Waals surface area contributed by atoms with Gasteiger partial charge in [-0.2, -0.15) is 0 Å². The zero-order valence-electron chi connectivity index (χ0n) is 9.33. The van der Waals surface area contributed by atoms with Crippen LogP contribution in [0.4, 0.5) is 11.4 Å². The van der Waals surface area contributed by atoms with Crippen molar-refractivity contribution in [3.8, 4) is 0 Å². The summed E-state index contributed by atoms with van der Waals surface area (Å²) in [7, 11) is 0. The Hall–Kier alpha value is -1.34. The van der Waals surface area contributed by atoms with E-state index in [-0.39, 0.29) is 11.7 Å². The van der Waals surface area contributed by atoms with E-state index >= 15 is 0 Å². The van der Waals surface area contributed by atoms with Crippen molar-refractivity contribution in [2.45, 2.75) is 6.92 Å². The number of nitrogens with one attached hydrogen (secondary N) is 1. The molecule has 3 N–H and O–H groups in total. The van der Waals surface area contributed by atoms with E-state index in [9.17, 15) is 4.79 Å². The van der Waals surface area contributed by atoms with Gasteiger partial charge in [-0.15, -0.1) is 0 Å². The average Bonchev–Trinajstić information content (AvgIpc) is 2.69. The summed E-state index contributed by atoms with van der Waals surface area (Å²) in [6.07, 6.45) is 1.23. The molecule has 1 amide bonds. The number of hydrogen-bond acceptors (Lipinski definition) is 4. The number of nitrogen functional groups attached to an aromatic ring is 1. The maximum Gasteiger partial charge on any atom is 0.293 e. The summed E-state index contributed by atoms with van der Waals surface area (Å²) < 4.78 is 6.51. The minimum Gasteiger partial charge on any atom is -0.438 e. The normalized spacial score (nSPS) is 10.4. The summed E-state index contributed by atoms with van der Waals surface area (Å²) in [6.45, 7) is 1.69. The van der Waals surface area contributed by atoms with E-state index < -0.39 is 0 Å². The number of anilines is 2. The number of amides is 1. The van der Waals surface area contributed by atoms with Crippen LogP contribution in [0.25, 0.3) is 0 Å². The van der Waals surface area contributed by atoms with E-state index in [1.54, 1.807) is 19.1 Å². The Balaban J connectivity index is 2.31. The van der Waals surface area contributed by atoms with Crippen molar-refractivity contribution in [1.29, 1.82) is 0 Å². The number of halogens is 2. The van der Waals surface area contributed by atoms with Gasteiger partial charge in [-0.05, 0) is 35.0 Å². The smallest absolute Gasteiger partial charge is 0.293 e. The van der Waals surface area contributed by atoms with Gasteiger partial charge in [0.25, 0.3) is 5.91 Å². The molecule has 0 atom stereocenters. The molecule has 0 unspecified atom stereocenters. The predicted molar refractivity (Wildman–Crippen MR) is 75.4 cm³/mol. The summed E-state index contributed by atoms with van der Waals surface area (Å²) in [6, 6.07) is 3.49. The molecule has 0 saturated carbocycles. The van der Waals surface area contributed by atoms with Crippen LogP contribution in [0.1, 0.15) is 16.2 Å². The van der Waals surface area contributed by atoms with E-state index in [1.807, 2.05) is 0 Å². The second-order valence-corrected chi connectivity index (χ2v) is 5.34. The lowest BCUT2D eigenvalue weighted by Gasteiger charge is -2.10. The number of aromatic nitrogens is 1. The van der Waals surface area contributed by atoms with Crippen molar-refractivity contribution in [1.82, 2.24) is 4.98 Å². The Morgan fingerprint density at radius 1 is 1.44 bits per heavy atom. The van der Waals surface area contributed by atoms with E-state index in [2.05, 4.69) is 42.2 Å². The Labute approximate surface area is 120 Å². The van der Waals surface area contributed by atoms with Crippen LogP contribution in [0.5, 0.6) is 0 Å². The van der Waals surface area contributed by atoms with Gasteiger partial charge < -0.3 is 15.5 Å². The highest BCUT2D eigenvalue weighted by Crippen LogP contribution is 2.32. The largest absolute Gasteiger partial charge is 0.438 e. The molecule has 18 heavy (non-hydrogen) atoms. The Bertz CT molecular complexity index is 587. The Morgan fingerprint density at radius 2 is 2.17 bits per heavy atom. The molecule has 2 aromatic rings. The van der Waals surface area contributed by atoms with Gasteiger partial charge in [0.15, 0.2) is 6.39 Å². The molecule has 1 aromatic heterocycles. The Morgan fingerprint density at radius 3 is 2.72 bits per heavy atom. The van der Waals surface area contributed by atoms with Gasteiger partial charge in [0.1, 0.15) is 0 Å². The van der Waals surface area contributed by atoms with Crippen LogP contribution in [0.15, 0.2) is 31.9 Å². The zero-order chi connectivity index (χ0) is 13.3. The highest BCUT2D eigenvalue weighted by molar-refractivity contribution is 9.11. The van der Waals surface area contributed by atoms with Crippen molar-refractivity contribution in [2.24, 2.45) is 0 Å². The first-order chi connectivity index (χ1) is 8.49. The molecule has 0 aliphatic carbocycles. The number of benzene rings is 1. The third kappa shape index (κ3) is 2.56. The van der Waals surface area contributed by atoms with Gasteiger partial charge in [-0.1, -0.05) is 15.9 Å². The van der Waals surface area contributed by atoms with E-state index in [1.165, 1.54) is 6.39 Å². The predicted octanol–water partition coefficient (Wildman–Crippen LogP) is 3.34. The first-order valence-corrected chi connectivity index (χ1v) is 6.53. The molecule has 1 aromatic carbocycles. The van der Waals surface area contributed by atoms with Crippen LogP contribution in [0.2, 0.25) is 0 Å². The standard InChI is InChI=1S/C11H9Br2N3O2/c1-5-10(18-4-15-5)11(17)16-9-7(13)2-6(12)3-8(9)14/h2-4H,14H2,1H3,(H,16,17). The molecule has 0 aliphatic heterocycles. The summed E-state index contributed by atoms with van der Waals surface area (Å²) in [5.74, 6) is -0.219. The first kappa shape index (κ1) is 13.1. The molecule has 1 heterocycles. The second kappa shape index (κ2) is 5.11. The topological polar surface area (TPSA) is 81.2 Å². The highest BCUT2D eigenvalue weighted by atomic mass is 79.9. The molecule has 5 nitrogen and oxygen atoms in total. The van der Waals surface area contributed by atoms with Crippen LogP contribution in [-0.2, 0) is 0 Å². The molecule has 0 saturated heterocycles. The van der Waals surface area contributed by atoms with Crippen molar-refractivity contribution >= 4 is 49.1 Å². The summed E-state index contributed by atoms with van der Waals surface area (Å²) >= 11 is 6.65. The van der Waals surface area contributed by atoms with Crippen LogP contribution in [0, 0.1) is 6.92 Å². The third-order valence-electron chi connectivity index (χ3n) is 2.28. The summed E-state index contributed by atoms with van der Waals surface area (Å²) in [5.41, 5.74) is 7.31. The van der Waals surface area contributed by atoms with Crippen LogP contribution in [-0.4, -0.2) is 10.9 Å². The number of hydrogen-bond donors (Lipinski definition) is 2. The van der Waals surface area contributed by atoms with Gasteiger partial charge >= 0.3 is 0 Å². The van der Waals surface area contributed by atoms with Crippen LogP contribution >= 0.6 is 31.9 Å². The molecule has 2 rings (SSSR count). The quantitative estimate of drug-likeness (QED) is 0.790. The SMILES string of the molecule is Cc1ncoc1C(=O)Nc1c(N)cc(Br)cc1Br. The van der Waals surface area contributed by atoms with Gasteiger partial charge in [0, 0.05) is 8.95 Å². The molecule has 0 aliphatic rings.